The highest BCUT2D eigenvalue weighted by Crippen LogP contribution is 2.27. The molecule has 3 amide bonds. The van der Waals surface area contributed by atoms with Crippen LogP contribution in [-0.2, 0) is 22.6 Å². The number of carboxylic acid groups (broad SMARTS) is 1. The number of benzene rings is 2. The summed E-state index contributed by atoms with van der Waals surface area (Å²) < 4.78 is 7.07. The van der Waals surface area contributed by atoms with Crippen LogP contribution in [0.4, 0.5) is 16.2 Å². The van der Waals surface area contributed by atoms with Crippen molar-refractivity contribution in [2.45, 2.75) is 53.1 Å². The van der Waals surface area contributed by atoms with E-state index in [1.165, 1.54) is 7.11 Å². The molecule has 2 unspecified atom stereocenters. The number of hydrogen-bond acceptors (Lipinski definition) is 5. The number of hydrogen-bond donors (Lipinski definition) is 4. The van der Waals surface area contributed by atoms with Crippen LogP contribution in [0.15, 0.2) is 54.9 Å². The predicted molar refractivity (Wildman–Crippen MR) is 150 cm³/mol. The molecule has 39 heavy (non-hydrogen) atoms. The molecule has 0 aliphatic heterocycles. The van der Waals surface area contributed by atoms with Gasteiger partial charge in [-0.15, -0.1) is 0 Å². The normalized spacial score (nSPS) is 12.5. The Morgan fingerprint density at radius 2 is 1.77 bits per heavy atom. The van der Waals surface area contributed by atoms with E-state index >= 15 is 0 Å². The van der Waals surface area contributed by atoms with E-state index in [1.807, 2.05) is 31.2 Å². The smallest absolute Gasteiger partial charge is 0.323 e. The highest BCUT2D eigenvalue weighted by atomic mass is 16.5. The van der Waals surface area contributed by atoms with Gasteiger partial charge in [0, 0.05) is 17.4 Å². The van der Waals surface area contributed by atoms with Gasteiger partial charge in [0.2, 0.25) is 5.91 Å². The minimum Gasteiger partial charge on any atom is -0.495 e. The molecular formula is C29H37N5O5. The van der Waals surface area contributed by atoms with Gasteiger partial charge in [-0.1, -0.05) is 45.0 Å². The summed E-state index contributed by atoms with van der Waals surface area (Å²) in [6, 6.07) is 12.0. The van der Waals surface area contributed by atoms with Crippen LogP contribution in [0.3, 0.4) is 0 Å². The van der Waals surface area contributed by atoms with E-state index in [9.17, 15) is 19.5 Å². The third-order valence-electron chi connectivity index (χ3n) is 6.25. The van der Waals surface area contributed by atoms with E-state index in [0.29, 0.717) is 29.5 Å². The Labute approximate surface area is 228 Å². The van der Waals surface area contributed by atoms with Crippen LogP contribution in [0.25, 0.3) is 0 Å². The van der Waals surface area contributed by atoms with Crippen LogP contribution in [0, 0.1) is 18.8 Å². The molecule has 2 aromatic carbocycles. The van der Waals surface area contributed by atoms with Gasteiger partial charge < -0.3 is 25.8 Å². The van der Waals surface area contributed by atoms with Crippen molar-refractivity contribution in [1.29, 1.82) is 0 Å². The van der Waals surface area contributed by atoms with Gasteiger partial charge in [-0.2, -0.15) is 5.10 Å². The number of aryl methyl sites for hydroxylation is 1. The molecule has 1 heterocycles. The van der Waals surface area contributed by atoms with Crippen LogP contribution in [0.1, 0.15) is 49.9 Å². The molecule has 1 aromatic heterocycles. The molecule has 2 atom stereocenters. The highest BCUT2D eigenvalue weighted by molar-refractivity contribution is 6.01. The zero-order chi connectivity index (χ0) is 28.5. The summed E-state index contributed by atoms with van der Waals surface area (Å²) >= 11 is 0. The molecule has 0 bridgehead atoms. The lowest BCUT2D eigenvalue weighted by molar-refractivity contribution is -0.141. The summed E-state index contributed by atoms with van der Waals surface area (Å²) in [7, 11) is 1.51. The Kier molecular flexibility index (Phi) is 10.1. The summed E-state index contributed by atoms with van der Waals surface area (Å²) in [5, 5.41) is 22.2. The molecule has 0 saturated carbocycles. The molecule has 0 saturated heterocycles. The summed E-state index contributed by atoms with van der Waals surface area (Å²) in [5.41, 5.74) is 3.68. The summed E-state index contributed by atoms with van der Waals surface area (Å²) in [5.74, 6) is -0.882. The number of para-hydroxylation sites is 1. The second kappa shape index (κ2) is 13.5. The van der Waals surface area contributed by atoms with Gasteiger partial charge in [0.05, 0.1) is 43.9 Å². The quantitative estimate of drug-likeness (QED) is 0.258. The highest BCUT2D eigenvalue weighted by Gasteiger charge is 2.20. The molecule has 0 radical (unpaired) electrons. The maximum Gasteiger partial charge on any atom is 0.323 e. The van der Waals surface area contributed by atoms with Gasteiger partial charge >= 0.3 is 12.0 Å². The predicted octanol–water partition coefficient (Wildman–Crippen LogP) is 5.01. The molecule has 208 valence electrons. The van der Waals surface area contributed by atoms with E-state index in [2.05, 4.69) is 34.9 Å². The van der Waals surface area contributed by atoms with Crippen molar-refractivity contribution in [3.05, 3.63) is 71.5 Å². The fourth-order valence-electron chi connectivity index (χ4n) is 4.14. The second-order valence-electron chi connectivity index (χ2n) is 10.1. The maximum absolute atomic E-state index is 13.0. The second-order valence-corrected chi connectivity index (χ2v) is 10.1. The number of urea groups is 1. The van der Waals surface area contributed by atoms with Crippen molar-refractivity contribution in [3.8, 4) is 5.75 Å². The lowest BCUT2D eigenvalue weighted by Gasteiger charge is -2.20. The third kappa shape index (κ3) is 8.59. The molecule has 0 aliphatic rings. The molecule has 10 nitrogen and oxygen atoms in total. The Morgan fingerprint density at radius 3 is 2.44 bits per heavy atom. The van der Waals surface area contributed by atoms with Crippen LogP contribution >= 0.6 is 0 Å². The lowest BCUT2D eigenvalue weighted by Crippen LogP contribution is -2.30. The number of aliphatic carboxylic acids is 1. The molecule has 0 fully saturated rings. The van der Waals surface area contributed by atoms with Gasteiger partial charge in [0.1, 0.15) is 5.75 Å². The number of nitrogens with zero attached hydrogens (tertiary/aromatic N) is 2. The number of anilines is 2. The summed E-state index contributed by atoms with van der Waals surface area (Å²) in [6.07, 6.45) is 4.28. The van der Waals surface area contributed by atoms with Crippen LogP contribution in [0.2, 0.25) is 0 Å². The fourth-order valence-corrected chi connectivity index (χ4v) is 4.14. The zero-order valence-corrected chi connectivity index (χ0v) is 23.0. The first-order valence-electron chi connectivity index (χ1n) is 12.9. The molecule has 4 N–H and O–H groups in total. The van der Waals surface area contributed by atoms with Crippen molar-refractivity contribution in [1.82, 2.24) is 15.1 Å². The molecule has 0 aliphatic carbocycles. The first-order chi connectivity index (χ1) is 18.5. The minimum atomic E-state index is -0.886. The van der Waals surface area contributed by atoms with E-state index in [4.69, 9.17) is 4.74 Å². The Hall–Kier alpha value is -4.34. The van der Waals surface area contributed by atoms with E-state index in [1.54, 1.807) is 42.2 Å². The monoisotopic (exact) mass is 535 g/mol. The standard InChI is InChI=1S/C29H37N5O5/c1-18(2)12-25(22-15-30-34(17-22)16-20(4)28(36)37)31-27(35)14-21-10-11-24(26(13-21)39-5)33-29(38)32-23-9-7-6-8-19(23)3/h6-11,13,15,17-18,20,25H,12,14,16H2,1-5H3,(H,31,35)(H,36,37)(H2,32,33,38). The zero-order valence-electron chi connectivity index (χ0n) is 23.0. The van der Waals surface area contributed by atoms with Crippen molar-refractivity contribution in [2.24, 2.45) is 11.8 Å². The number of nitrogens with one attached hydrogen (secondary N) is 3. The molecule has 3 rings (SSSR count). The summed E-state index contributed by atoms with van der Waals surface area (Å²) in [4.78, 5) is 36.7. The van der Waals surface area contributed by atoms with Gasteiger partial charge in [-0.05, 0) is 48.6 Å². The van der Waals surface area contributed by atoms with E-state index in [0.717, 1.165) is 16.7 Å². The van der Waals surface area contributed by atoms with Gasteiger partial charge in [-0.25, -0.2) is 4.79 Å². The number of aromatic nitrogens is 2. The number of rotatable bonds is 12. The van der Waals surface area contributed by atoms with Crippen molar-refractivity contribution >= 4 is 29.3 Å². The Balaban J connectivity index is 1.65. The number of carbonyl (C=O) groups excluding carboxylic acids is 2. The van der Waals surface area contributed by atoms with E-state index < -0.39 is 17.9 Å². The van der Waals surface area contributed by atoms with Crippen molar-refractivity contribution < 1.29 is 24.2 Å². The van der Waals surface area contributed by atoms with Crippen molar-refractivity contribution in [2.75, 3.05) is 17.7 Å². The number of methoxy groups -OCH3 is 1. The average molecular weight is 536 g/mol. The van der Waals surface area contributed by atoms with Gasteiger partial charge in [-0.3, -0.25) is 14.3 Å². The number of carbonyl (C=O) groups is 3. The first-order valence-corrected chi connectivity index (χ1v) is 12.9. The Morgan fingerprint density at radius 1 is 1.05 bits per heavy atom. The molecule has 0 spiro atoms. The molecule has 3 aromatic rings. The molecule has 10 heteroatoms. The number of carboxylic acids is 1. The van der Waals surface area contributed by atoms with Crippen molar-refractivity contribution in [3.63, 3.8) is 0 Å². The average Bonchev–Trinajstić information content (AvgIpc) is 3.34. The lowest BCUT2D eigenvalue weighted by atomic mass is 9.99. The van der Waals surface area contributed by atoms with Crippen LogP contribution < -0.4 is 20.7 Å². The largest absolute Gasteiger partial charge is 0.495 e. The summed E-state index contributed by atoms with van der Waals surface area (Å²) in [6.45, 7) is 7.93. The van der Waals surface area contributed by atoms with Gasteiger partial charge in [0.15, 0.2) is 0 Å². The van der Waals surface area contributed by atoms with Crippen LogP contribution in [-0.4, -0.2) is 39.9 Å². The maximum atomic E-state index is 13.0. The van der Waals surface area contributed by atoms with Crippen LogP contribution in [0.5, 0.6) is 5.75 Å². The van der Waals surface area contributed by atoms with E-state index in [-0.39, 0.29) is 24.9 Å². The first kappa shape index (κ1) is 29.2. The number of ether oxygens (including phenoxy) is 1. The molecular weight excluding hydrogens is 498 g/mol. The topological polar surface area (TPSA) is 135 Å². The number of amides is 3. The Bertz CT molecular complexity index is 1300. The SMILES string of the molecule is COc1cc(CC(=O)NC(CC(C)C)c2cnn(CC(C)C(=O)O)c2)ccc1NC(=O)Nc1ccccc1C. The van der Waals surface area contributed by atoms with Gasteiger partial charge in [0.25, 0.3) is 0 Å². The fraction of sp³-hybridized carbons (Fsp3) is 0.379. The third-order valence-corrected chi connectivity index (χ3v) is 6.25. The minimum absolute atomic E-state index is 0.116.